The van der Waals surface area contributed by atoms with E-state index in [1.807, 2.05) is 47.7 Å². The predicted molar refractivity (Wildman–Crippen MR) is 228 cm³/mol. The smallest absolute Gasteiger partial charge is 0.160 e. The van der Waals surface area contributed by atoms with E-state index in [-0.39, 0.29) is 0 Å². The molecule has 1 aliphatic rings. The molecule has 1 aliphatic carbocycles. The summed E-state index contributed by atoms with van der Waals surface area (Å²) in [6, 6.07) is 61.1. The van der Waals surface area contributed by atoms with Crippen molar-refractivity contribution in [1.82, 2.24) is 19.9 Å². The van der Waals surface area contributed by atoms with Crippen LogP contribution in [0.4, 0.5) is 0 Å². The summed E-state index contributed by atoms with van der Waals surface area (Å²) in [5, 5.41) is 2.55. The maximum Gasteiger partial charge on any atom is 0.160 e. The molecule has 0 bridgehead atoms. The SMILES string of the molecule is C1=c2c(sc3cc(-c4cc(-c5ccccc5)nc(-c5ccc(-c6ccccc6)cc5)n4)ccc23)=C(c2cc(-c3ccccc3)nc(-c3ccccc3)n2)CC1. The second-order valence-electron chi connectivity index (χ2n) is 13.7. The Kier molecular flexibility index (Phi) is 8.47. The molecule has 0 radical (unpaired) electrons. The Morgan fingerprint density at radius 2 is 0.818 bits per heavy atom. The van der Waals surface area contributed by atoms with E-state index in [1.165, 1.54) is 36.5 Å². The van der Waals surface area contributed by atoms with Gasteiger partial charge < -0.3 is 0 Å². The molecule has 0 N–H and O–H groups in total. The highest BCUT2D eigenvalue weighted by Crippen LogP contribution is 2.32. The third-order valence-corrected chi connectivity index (χ3v) is 11.5. The molecule has 0 aliphatic heterocycles. The summed E-state index contributed by atoms with van der Waals surface area (Å²) in [4.78, 5) is 20.5. The zero-order valence-corrected chi connectivity index (χ0v) is 30.7. The number of nitrogens with zero attached hydrogens (tertiary/aromatic N) is 4. The van der Waals surface area contributed by atoms with Crippen LogP contribution in [0, 0.1) is 0 Å². The summed E-state index contributed by atoms with van der Waals surface area (Å²) >= 11 is 1.84. The van der Waals surface area contributed by atoms with Gasteiger partial charge in [0.1, 0.15) is 0 Å². The highest BCUT2D eigenvalue weighted by atomic mass is 32.1. The first-order valence-electron chi connectivity index (χ1n) is 18.6. The van der Waals surface area contributed by atoms with Gasteiger partial charge in [0.2, 0.25) is 0 Å². The number of benzene rings is 6. The Morgan fingerprint density at radius 3 is 1.42 bits per heavy atom. The van der Waals surface area contributed by atoms with E-state index in [1.54, 1.807) is 0 Å². The van der Waals surface area contributed by atoms with Crippen molar-refractivity contribution in [2.75, 3.05) is 0 Å². The molecule has 260 valence electrons. The van der Waals surface area contributed by atoms with Crippen LogP contribution in [0.25, 0.3) is 89.4 Å². The fourth-order valence-corrected chi connectivity index (χ4v) is 8.75. The maximum atomic E-state index is 5.21. The van der Waals surface area contributed by atoms with E-state index in [2.05, 4.69) is 146 Å². The van der Waals surface area contributed by atoms with Gasteiger partial charge in [-0.3, -0.25) is 0 Å². The number of fused-ring (bicyclic) bond motifs is 3. The van der Waals surface area contributed by atoms with Crippen LogP contribution in [0.3, 0.4) is 0 Å². The Balaban J connectivity index is 1.10. The summed E-state index contributed by atoms with van der Waals surface area (Å²) < 4.78 is 2.51. The number of aromatic nitrogens is 4. The standard InChI is InChI=1S/C50H34N4S/c1-5-14-33(15-6-1)34-24-26-38(27-25-34)50-51-43(35-16-7-2-8-17-35)31-45(53-50)39-28-29-40-41-22-13-23-42(48(41)55-47(40)30-39)46-32-44(36-18-9-3-10-19-36)52-49(54-46)37-20-11-4-12-21-37/h1-12,14-22,24-32H,13,23H2. The van der Waals surface area contributed by atoms with Crippen molar-refractivity contribution in [3.8, 4) is 67.7 Å². The lowest BCUT2D eigenvalue weighted by Gasteiger charge is -2.13. The highest BCUT2D eigenvalue weighted by molar-refractivity contribution is 7.17. The van der Waals surface area contributed by atoms with E-state index in [0.717, 1.165) is 69.3 Å². The molecule has 0 saturated carbocycles. The first kappa shape index (κ1) is 32.8. The molecule has 5 heteroatoms. The summed E-state index contributed by atoms with van der Waals surface area (Å²) in [5.74, 6) is 1.45. The predicted octanol–water partition coefficient (Wildman–Crippen LogP) is 11.3. The van der Waals surface area contributed by atoms with Crippen LogP contribution in [0.1, 0.15) is 18.5 Å². The lowest BCUT2D eigenvalue weighted by molar-refractivity contribution is 1.05. The van der Waals surface area contributed by atoms with Gasteiger partial charge in [0, 0.05) is 42.4 Å². The van der Waals surface area contributed by atoms with E-state index in [9.17, 15) is 0 Å². The molecule has 3 heterocycles. The van der Waals surface area contributed by atoms with Crippen molar-refractivity contribution in [1.29, 1.82) is 0 Å². The van der Waals surface area contributed by atoms with Crippen molar-refractivity contribution in [3.63, 3.8) is 0 Å². The third kappa shape index (κ3) is 6.45. The van der Waals surface area contributed by atoms with Gasteiger partial charge in [0.25, 0.3) is 0 Å². The first-order valence-corrected chi connectivity index (χ1v) is 19.4. The lowest BCUT2D eigenvalue weighted by Crippen LogP contribution is -2.25. The van der Waals surface area contributed by atoms with Crippen LogP contribution in [-0.4, -0.2) is 19.9 Å². The van der Waals surface area contributed by atoms with Crippen LogP contribution in [0.5, 0.6) is 0 Å². The van der Waals surface area contributed by atoms with E-state index in [0.29, 0.717) is 5.82 Å². The topological polar surface area (TPSA) is 51.6 Å². The molecular formula is C50H34N4S. The molecular weight excluding hydrogens is 689 g/mol. The number of thiophene rings is 1. The van der Waals surface area contributed by atoms with Gasteiger partial charge in [-0.15, -0.1) is 11.3 Å². The average Bonchev–Trinajstić information content (AvgIpc) is 3.66. The molecule has 0 fully saturated rings. The summed E-state index contributed by atoms with van der Waals surface area (Å²) in [7, 11) is 0. The van der Waals surface area contributed by atoms with Crippen LogP contribution >= 0.6 is 11.3 Å². The molecule has 55 heavy (non-hydrogen) atoms. The van der Waals surface area contributed by atoms with Crippen molar-refractivity contribution in [3.05, 3.63) is 191 Å². The first-order chi connectivity index (χ1) is 27.2. The van der Waals surface area contributed by atoms with Crippen molar-refractivity contribution < 1.29 is 0 Å². The number of rotatable bonds is 7. The summed E-state index contributed by atoms with van der Waals surface area (Å²) in [5.41, 5.74) is 12.5. The molecule has 6 aromatic carbocycles. The molecule has 3 aromatic heterocycles. The Labute approximate surface area is 323 Å². The molecule has 0 amide bonds. The molecule has 9 aromatic rings. The number of hydrogen-bond acceptors (Lipinski definition) is 5. The normalized spacial score (nSPS) is 12.3. The lowest BCUT2D eigenvalue weighted by atomic mass is 9.98. The van der Waals surface area contributed by atoms with E-state index in [4.69, 9.17) is 19.9 Å². The van der Waals surface area contributed by atoms with Crippen LogP contribution in [0.15, 0.2) is 176 Å². The maximum absolute atomic E-state index is 5.21. The highest BCUT2D eigenvalue weighted by Gasteiger charge is 2.18. The second-order valence-corrected chi connectivity index (χ2v) is 14.8. The quantitative estimate of drug-likeness (QED) is 0.164. The Bertz CT molecular complexity index is 2880. The van der Waals surface area contributed by atoms with Crippen LogP contribution < -0.4 is 9.75 Å². The minimum Gasteiger partial charge on any atom is -0.228 e. The van der Waals surface area contributed by atoms with E-state index >= 15 is 0 Å². The molecule has 0 unspecified atom stereocenters. The molecule has 4 nitrogen and oxygen atoms in total. The van der Waals surface area contributed by atoms with E-state index < -0.39 is 0 Å². The molecule has 0 saturated heterocycles. The van der Waals surface area contributed by atoms with Gasteiger partial charge in [-0.25, -0.2) is 19.9 Å². The fourth-order valence-electron chi connectivity index (χ4n) is 7.42. The minimum absolute atomic E-state index is 0.706. The monoisotopic (exact) mass is 722 g/mol. The minimum atomic E-state index is 0.706. The van der Waals surface area contributed by atoms with Gasteiger partial charge in [-0.1, -0.05) is 164 Å². The van der Waals surface area contributed by atoms with Crippen LogP contribution in [0.2, 0.25) is 0 Å². The average molecular weight is 723 g/mol. The summed E-state index contributed by atoms with van der Waals surface area (Å²) in [6.45, 7) is 0. The van der Waals surface area contributed by atoms with Crippen molar-refractivity contribution in [2.45, 2.75) is 12.8 Å². The van der Waals surface area contributed by atoms with Gasteiger partial charge >= 0.3 is 0 Å². The van der Waals surface area contributed by atoms with Crippen LogP contribution in [-0.2, 0) is 0 Å². The van der Waals surface area contributed by atoms with Gasteiger partial charge in [0.15, 0.2) is 11.6 Å². The van der Waals surface area contributed by atoms with Gasteiger partial charge in [-0.2, -0.15) is 0 Å². The Hall–Kier alpha value is -6.82. The second kappa shape index (κ2) is 14.2. The molecule has 10 rings (SSSR count). The van der Waals surface area contributed by atoms with Crippen molar-refractivity contribution >= 4 is 33.1 Å². The van der Waals surface area contributed by atoms with Gasteiger partial charge in [0.05, 0.1) is 22.8 Å². The largest absolute Gasteiger partial charge is 0.228 e. The zero-order valence-electron chi connectivity index (χ0n) is 29.9. The van der Waals surface area contributed by atoms with Crippen molar-refractivity contribution in [2.24, 2.45) is 0 Å². The zero-order chi connectivity index (χ0) is 36.6. The molecule has 0 spiro atoms. The number of hydrogen-bond donors (Lipinski definition) is 0. The molecule has 0 atom stereocenters. The van der Waals surface area contributed by atoms with Gasteiger partial charge in [-0.05, 0) is 53.0 Å². The summed E-state index contributed by atoms with van der Waals surface area (Å²) in [6.07, 6.45) is 4.27. The third-order valence-electron chi connectivity index (χ3n) is 10.2. The fraction of sp³-hybridized carbons (Fsp3) is 0.0400. The Morgan fingerprint density at radius 1 is 0.382 bits per heavy atom.